The summed E-state index contributed by atoms with van der Waals surface area (Å²) in [5.41, 5.74) is -0.433. The van der Waals surface area contributed by atoms with Crippen molar-refractivity contribution in [3.8, 4) is 0 Å². The van der Waals surface area contributed by atoms with Gasteiger partial charge in [-0.1, -0.05) is 83.1 Å². The molecule has 0 saturated heterocycles. The quantitative estimate of drug-likeness (QED) is 0.0739. The molecule has 14 heteroatoms. The second kappa shape index (κ2) is 17.1. The van der Waals surface area contributed by atoms with Gasteiger partial charge in [-0.15, -0.1) is 0 Å². The van der Waals surface area contributed by atoms with E-state index in [9.17, 15) is 31.9 Å². The lowest BCUT2D eigenvalue weighted by Crippen LogP contribution is -2.67. The van der Waals surface area contributed by atoms with Gasteiger partial charge in [0.2, 0.25) is 17.7 Å². The summed E-state index contributed by atoms with van der Waals surface area (Å²) in [5, 5.41) is 12.4. The summed E-state index contributed by atoms with van der Waals surface area (Å²) in [4.78, 5) is 49.8. The fourth-order valence-corrected chi connectivity index (χ4v) is 7.26. The van der Waals surface area contributed by atoms with Crippen molar-refractivity contribution in [1.82, 2.24) is 31.2 Å². The molecule has 3 amide bonds. The summed E-state index contributed by atoms with van der Waals surface area (Å²) in [7, 11) is 0. The van der Waals surface area contributed by atoms with Gasteiger partial charge in [-0.05, 0) is 65.6 Å². The molecule has 1 aliphatic rings. The van der Waals surface area contributed by atoms with Crippen LogP contribution >= 0.6 is 12.2 Å². The number of alkyl halides is 3. The number of aryl methyl sites for hydroxylation is 1. The lowest BCUT2D eigenvalue weighted by Gasteiger charge is -2.40. The minimum absolute atomic E-state index is 0.0482. The number of hydrogen-bond donors (Lipinski definition) is 5. The number of pyridine rings is 1. The number of nitrogens with zero attached hydrogens (tertiary/aromatic N) is 1. The number of carbonyl (C=O) groups excluding carboxylic acids is 3. The Balaban J connectivity index is 1.49. The first-order valence-electron chi connectivity index (χ1n) is 18.2. The molecule has 0 fully saturated rings. The van der Waals surface area contributed by atoms with Gasteiger partial charge in [-0.3, -0.25) is 19.4 Å². The average molecular weight is 767 g/mol. The summed E-state index contributed by atoms with van der Waals surface area (Å²) in [6.45, 7) is 7.92. The zero-order valence-corrected chi connectivity index (χ0v) is 31.5. The first-order valence-corrected chi connectivity index (χ1v) is 18.6. The van der Waals surface area contributed by atoms with Crippen LogP contribution in [-0.2, 0) is 46.4 Å². The zero-order valence-electron chi connectivity index (χ0n) is 30.7. The summed E-state index contributed by atoms with van der Waals surface area (Å²) in [6, 6.07) is 11.7. The van der Waals surface area contributed by atoms with E-state index in [1.165, 1.54) is 24.3 Å². The number of aromatic amines is 1. The average Bonchev–Trinajstić information content (AvgIpc) is 3.52. The van der Waals surface area contributed by atoms with Crippen LogP contribution in [0.2, 0.25) is 0 Å². The Labute approximate surface area is 317 Å². The third-order valence-corrected chi connectivity index (χ3v) is 10.9. The highest BCUT2D eigenvalue weighted by atomic mass is 32.1. The molecule has 0 aliphatic heterocycles. The maximum atomic E-state index is 14.8. The van der Waals surface area contributed by atoms with Crippen LogP contribution in [-0.4, -0.2) is 50.3 Å². The van der Waals surface area contributed by atoms with Crippen LogP contribution in [0.4, 0.5) is 17.6 Å². The molecule has 0 spiro atoms. The number of halogens is 4. The molecule has 5 N–H and O–H groups in total. The molecule has 54 heavy (non-hydrogen) atoms. The van der Waals surface area contributed by atoms with Crippen LogP contribution in [0.1, 0.15) is 74.9 Å². The number of benzene rings is 2. The van der Waals surface area contributed by atoms with Gasteiger partial charge in [0.1, 0.15) is 17.4 Å². The fourth-order valence-electron chi connectivity index (χ4n) is 6.90. The lowest BCUT2D eigenvalue weighted by molar-refractivity contribution is -0.137. The molecule has 2 heterocycles. The van der Waals surface area contributed by atoms with Crippen molar-refractivity contribution < 1.29 is 31.9 Å². The van der Waals surface area contributed by atoms with E-state index in [-0.39, 0.29) is 42.7 Å². The van der Waals surface area contributed by atoms with Gasteiger partial charge in [0.15, 0.2) is 0 Å². The molecule has 2 aromatic carbocycles. The van der Waals surface area contributed by atoms with Crippen LogP contribution in [0, 0.1) is 17.7 Å². The number of amides is 3. The second-order valence-corrected chi connectivity index (χ2v) is 14.6. The topological polar surface area (TPSA) is 128 Å². The number of nitrogens with one attached hydrogen (secondary N) is 5. The van der Waals surface area contributed by atoms with Gasteiger partial charge < -0.3 is 26.3 Å². The van der Waals surface area contributed by atoms with E-state index in [1.807, 2.05) is 32.9 Å². The molecule has 5 atom stereocenters. The fraction of sp³-hybridized carbons (Fsp3) is 0.425. The summed E-state index contributed by atoms with van der Waals surface area (Å²) < 4.78 is 56.6. The Morgan fingerprint density at radius 2 is 1.63 bits per heavy atom. The summed E-state index contributed by atoms with van der Waals surface area (Å²) in [5.74, 6) is -2.85. The molecule has 2 aromatic heterocycles. The van der Waals surface area contributed by atoms with E-state index >= 15 is 0 Å². The van der Waals surface area contributed by atoms with Crippen molar-refractivity contribution in [2.45, 2.75) is 96.6 Å². The van der Waals surface area contributed by atoms with Crippen molar-refractivity contribution in [1.29, 1.82) is 0 Å². The number of thiocarbonyl (C=S) groups is 1. The van der Waals surface area contributed by atoms with Crippen LogP contribution in [0.15, 0.2) is 67.0 Å². The number of carbonyl (C=O) groups is 3. The van der Waals surface area contributed by atoms with Gasteiger partial charge in [0.25, 0.3) is 0 Å². The van der Waals surface area contributed by atoms with Gasteiger partial charge in [0.05, 0.1) is 28.5 Å². The SMILES string of the molecule is CCC(C)[C@H](NC(=O)Cc1ccccc1F)C(=O)N[C@]1(C(=O)NC(C(=S)NCc2ccncc2)[C@@H](C)CC)CCc2[nH]c3c(C(F)(F)F)cccc3c2C1. The first kappa shape index (κ1) is 40.3. The number of H-pyrrole nitrogens is 1. The minimum atomic E-state index is -4.62. The first-order chi connectivity index (χ1) is 25.7. The number of rotatable bonds is 14. The molecule has 0 bridgehead atoms. The third kappa shape index (κ3) is 9.08. The normalized spacial score (nSPS) is 17.8. The van der Waals surface area contributed by atoms with Crippen molar-refractivity contribution in [3.63, 3.8) is 0 Å². The Bertz CT molecular complexity index is 1990. The molecule has 288 valence electrons. The molecule has 9 nitrogen and oxygen atoms in total. The van der Waals surface area contributed by atoms with Crippen molar-refractivity contribution in [2.75, 3.05) is 0 Å². The maximum Gasteiger partial charge on any atom is 0.418 e. The Hall–Kier alpha value is -4.85. The zero-order chi connectivity index (χ0) is 39.2. The summed E-state index contributed by atoms with van der Waals surface area (Å²) >= 11 is 5.81. The third-order valence-electron chi connectivity index (χ3n) is 10.5. The molecule has 1 aliphatic carbocycles. The highest BCUT2D eigenvalue weighted by Gasteiger charge is 2.47. The van der Waals surface area contributed by atoms with Crippen LogP contribution < -0.4 is 21.3 Å². The predicted molar refractivity (Wildman–Crippen MR) is 203 cm³/mol. The Morgan fingerprint density at radius 3 is 2.30 bits per heavy atom. The maximum absolute atomic E-state index is 14.8. The van der Waals surface area contributed by atoms with Crippen LogP contribution in [0.25, 0.3) is 10.9 Å². The summed E-state index contributed by atoms with van der Waals surface area (Å²) in [6.07, 6.45) is -0.391. The molecule has 2 unspecified atom stereocenters. The standard InChI is InChI=1S/C40H46F4N6O3S/c1-5-23(3)33(48-32(51)20-26-10-7-8-13-30(26)41)36(52)50-39(17-14-31-28(21-39)27-11-9-12-29(35(27)47-31)40(42,43)44)38(53)49-34(24(4)6-2)37(54)46-22-25-15-18-45-19-16-25/h7-13,15-16,18-19,23-24,33-34,47H,5-6,14,17,20-22H2,1-4H3,(H,46,54)(H,48,51)(H,49,53)(H,50,52)/t23?,24-,33-,34?,39+/m0/s1. The van der Waals surface area contributed by atoms with Gasteiger partial charge in [-0.2, -0.15) is 13.2 Å². The van der Waals surface area contributed by atoms with Crippen LogP contribution in [0.5, 0.6) is 0 Å². The van der Waals surface area contributed by atoms with E-state index in [4.69, 9.17) is 12.2 Å². The monoisotopic (exact) mass is 766 g/mol. The molecular formula is C40H46F4N6O3S. The van der Waals surface area contributed by atoms with Crippen molar-refractivity contribution >= 4 is 45.8 Å². The highest BCUT2D eigenvalue weighted by Crippen LogP contribution is 2.40. The number of fused-ring (bicyclic) bond motifs is 3. The molecule has 5 rings (SSSR count). The lowest BCUT2D eigenvalue weighted by atomic mass is 9.78. The number of aromatic nitrogens is 2. The Kier molecular flexibility index (Phi) is 12.8. The molecule has 0 saturated carbocycles. The molecule has 0 radical (unpaired) electrons. The molecular weight excluding hydrogens is 721 g/mol. The molecule has 4 aromatic rings. The van der Waals surface area contributed by atoms with Crippen molar-refractivity contribution in [3.05, 3.63) is 101 Å². The van der Waals surface area contributed by atoms with Gasteiger partial charge in [0, 0.05) is 36.4 Å². The van der Waals surface area contributed by atoms with Gasteiger partial charge >= 0.3 is 6.18 Å². The van der Waals surface area contributed by atoms with E-state index in [0.29, 0.717) is 41.0 Å². The van der Waals surface area contributed by atoms with Crippen molar-refractivity contribution in [2.24, 2.45) is 11.8 Å². The Morgan fingerprint density at radius 1 is 0.944 bits per heavy atom. The largest absolute Gasteiger partial charge is 0.418 e. The number of para-hydroxylation sites is 1. The predicted octanol–water partition coefficient (Wildman–Crippen LogP) is 6.49. The number of hydrogen-bond acceptors (Lipinski definition) is 5. The second-order valence-electron chi connectivity index (χ2n) is 14.2. The minimum Gasteiger partial charge on any atom is -0.374 e. The smallest absolute Gasteiger partial charge is 0.374 e. The highest BCUT2D eigenvalue weighted by molar-refractivity contribution is 7.80. The van der Waals surface area contributed by atoms with E-state index < -0.39 is 58.8 Å². The van der Waals surface area contributed by atoms with E-state index in [2.05, 4.69) is 31.2 Å². The van der Waals surface area contributed by atoms with Gasteiger partial charge in [-0.25, -0.2) is 4.39 Å². The van der Waals surface area contributed by atoms with Crippen LogP contribution in [0.3, 0.4) is 0 Å². The van der Waals surface area contributed by atoms with E-state index in [1.54, 1.807) is 31.5 Å². The van der Waals surface area contributed by atoms with E-state index in [0.717, 1.165) is 11.6 Å².